The molecule has 24 heavy (non-hydrogen) atoms. The summed E-state index contributed by atoms with van der Waals surface area (Å²) in [4.78, 5) is 16.5. The Morgan fingerprint density at radius 1 is 1.17 bits per heavy atom. The van der Waals surface area contributed by atoms with Crippen molar-refractivity contribution in [3.63, 3.8) is 0 Å². The van der Waals surface area contributed by atoms with Crippen LogP contribution in [0.2, 0.25) is 0 Å². The molecule has 0 saturated heterocycles. The van der Waals surface area contributed by atoms with E-state index in [2.05, 4.69) is 20.5 Å². The maximum Gasteiger partial charge on any atom is 0.234 e. The first-order valence-electron chi connectivity index (χ1n) is 7.59. The Morgan fingerprint density at radius 2 is 2.00 bits per heavy atom. The number of anilines is 1. The van der Waals surface area contributed by atoms with Gasteiger partial charge >= 0.3 is 0 Å². The highest BCUT2D eigenvalue weighted by atomic mass is 32.2. The van der Waals surface area contributed by atoms with Gasteiger partial charge in [0.15, 0.2) is 5.82 Å². The zero-order valence-electron chi connectivity index (χ0n) is 13.5. The molecule has 122 valence electrons. The number of aromatic amines is 1. The van der Waals surface area contributed by atoms with Crippen LogP contribution in [-0.4, -0.2) is 26.8 Å². The van der Waals surface area contributed by atoms with Gasteiger partial charge in [-0.2, -0.15) is 0 Å². The first kappa shape index (κ1) is 16.3. The topological polar surface area (TPSA) is 70.7 Å². The molecule has 0 fully saturated rings. The van der Waals surface area contributed by atoms with Crippen LogP contribution in [0.4, 0.5) is 5.69 Å². The van der Waals surface area contributed by atoms with Gasteiger partial charge in [0.25, 0.3) is 0 Å². The number of carbonyl (C=O) groups excluding carboxylic acids is 1. The molecule has 0 atom stereocenters. The molecule has 0 aliphatic carbocycles. The number of benzene rings is 2. The van der Waals surface area contributed by atoms with Crippen molar-refractivity contribution in [1.29, 1.82) is 0 Å². The number of H-pyrrole nitrogens is 1. The molecule has 2 aromatic carbocycles. The number of para-hydroxylation sites is 1. The molecular weight excluding hydrogens is 320 g/mol. The lowest BCUT2D eigenvalue weighted by molar-refractivity contribution is -0.113. The normalized spacial score (nSPS) is 10.6. The van der Waals surface area contributed by atoms with Crippen molar-refractivity contribution in [2.24, 2.45) is 0 Å². The highest BCUT2D eigenvalue weighted by Gasteiger charge is 2.10. The number of nitrogens with one attached hydrogen (secondary N) is 2. The molecule has 0 bridgehead atoms. The zero-order valence-corrected chi connectivity index (χ0v) is 14.4. The standard InChI is InChI=1S/C18H18N4OS/c1-12-6-5-8-14(10-12)17-20-18(22-21-17)24-11-16(23)19-15-9-4-3-7-13(15)2/h3-10H,11H2,1-2H3,(H,19,23)(H,20,21,22). The second-order valence-corrected chi connectivity index (χ2v) is 6.43. The third-order valence-corrected chi connectivity index (χ3v) is 4.36. The number of aryl methyl sites for hydroxylation is 2. The van der Waals surface area contributed by atoms with E-state index in [-0.39, 0.29) is 11.7 Å². The molecule has 1 amide bonds. The molecule has 0 aliphatic rings. The SMILES string of the molecule is Cc1cccc(-c2nc(SCC(=O)Nc3ccccc3C)n[nH]2)c1. The number of hydrogen-bond donors (Lipinski definition) is 2. The number of rotatable bonds is 5. The van der Waals surface area contributed by atoms with Crippen LogP contribution in [0.1, 0.15) is 11.1 Å². The molecule has 1 heterocycles. The second kappa shape index (κ2) is 7.31. The fourth-order valence-electron chi connectivity index (χ4n) is 2.26. The third kappa shape index (κ3) is 4.02. The van der Waals surface area contributed by atoms with Crippen molar-refractivity contribution >= 4 is 23.4 Å². The maximum atomic E-state index is 12.1. The van der Waals surface area contributed by atoms with Gasteiger partial charge in [0.05, 0.1) is 5.75 Å². The van der Waals surface area contributed by atoms with Gasteiger partial charge in [-0.05, 0) is 31.5 Å². The number of nitrogens with zero attached hydrogens (tertiary/aromatic N) is 2. The highest BCUT2D eigenvalue weighted by molar-refractivity contribution is 7.99. The van der Waals surface area contributed by atoms with E-state index in [1.807, 2.05) is 62.4 Å². The smallest absolute Gasteiger partial charge is 0.234 e. The monoisotopic (exact) mass is 338 g/mol. The van der Waals surface area contributed by atoms with Gasteiger partial charge in [0.1, 0.15) is 0 Å². The van der Waals surface area contributed by atoms with E-state index in [9.17, 15) is 4.79 Å². The molecule has 0 radical (unpaired) electrons. The van der Waals surface area contributed by atoms with Crippen LogP contribution in [0.25, 0.3) is 11.4 Å². The average Bonchev–Trinajstić information content (AvgIpc) is 3.04. The summed E-state index contributed by atoms with van der Waals surface area (Å²) >= 11 is 1.31. The summed E-state index contributed by atoms with van der Waals surface area (Å²) in [7, 11) is 0. The molecule has 3 aromatic rings. The fourth-order valence-corrected chi connectivity index (χ4v) is 2.86. The van der Waals surface area contributed by atoms with Gasteiger partial charge in [0, 0.05) is 11.3 Å². The van der Waals surface area contributed by atoms with Crippen molar-refractivity contribution in [2.75, 3.05) is 11.1 Å². The lowest BCUT2D eigenvalue weighted by Crippen LogP contribution is -2.14. The molecule has 0 saturated carbocycles. The summed E-state index contributed by atoms with van der Waals surface area (Å²) < 4.78 is 0. The Labute approximate surface area is 144 Å². The van der Waals surface area contributed by atoms with Crippen LogP contribution < -0.4 is 5.32 Å². The highest BCUT2D eigenvalue weighted by Crippen LogP contribution is 2.20. The molecule has 2 N–H and O–H groups in total. The van der Waals surface area contributed by atoms with Gasteiger partial charge in [-0.15, -0.1) is 5.10 Å². The molecule has 0 unspecified atom stereocenters. The zero-order chi connectivity index (χ0) is 16.9. The first-order chi connectivity index (χ1) is 11.6. The minimum Gasteiger partial charge on any atom is -0.325 e. The van der Waals surface area contributed by atoms with E-state index in [4.69, 9.17) is 0 Å². The average molecular weight is 338 g/mol. The van der Waals surface area contributed by atoms with Gasteiger partial charge in [-0.25, -0.2) is 4.98 Å². The van der Waals surface area contributed by atoms with Gasteiger partial charge < -0.3 is 5.32 Å². The van der Waals surface area contributed by atoms with E-state index in [0.717, 1.165) is 22.4 Å². The van der Waals surface area contributed by atoms with Crippen molar-refractivity contribution < 1.29 is 4.79 Å². The Morgan fingerprint density at radius 3 is 2.79 bits per heavy atom. The van der Waals surface area contributed by atoms with Gasteiger partial charge in [-0.3, -0.25) is 9.89 Å². The Balaban J connectivity index is 1.59. The first-order valence-corrected chi connectivity index (χ1v) is 8.58. The van der Waals surface area contributed by atoms with E-state index >= 15 is 0 Å². The summed E-state index contributed by atoms with van der Waals surface area (Å²) in [5.74, 6) is 0.899. The Hall–Kier alpha value is -2.60. The van der Waals surface area contributed by atoms with Crippen LogP contribution in [0.3, 0.4) is 0 Å². The number of aromatic nitrogens is 3. The summed E-state index contributed by atoms with van der Waals surface area (Å²) in [6.45, 7) is 4.00. The maximum absolute atomic E-state index is 12.1. The van der Waals surface area contributed by atoms with Crippen molar-refractivity contribution in [3.05, 3.63) is 59.7 Å². The predicted molar refractivity (Wildman–Crippen MR) is 97.1 cm³/mol. The summed E-state index contributed by atoms with van der Waals surface area (Å²) in [6, 6.07) is 15.7. The number of amides is 1. The van der Waals surface area contributed by atoms with E-state index in [1.165, 1.54) is 11.8 Å². The molecule has 6 heteroatoms. The van der Waals surface area contributed by atoms with Gasteiger partial charge in [-0.1, -0.05) is 53.7 Å². The van der Waals surface area contributed by atoms with Crippen LogP contribution in [0, 0.1) is 13.8 Å². The number of thioether (sulfide) groups is 1. The summed E-state index contributed by atoms with van der Waals surface area (Å²) in [5.41, 5.74) is 4.02. The quantitative estimate of drug-likeness (QED) is 0.694. The largest absolute Gasteiger partial charge is 0.325 e. The Kier molecular flexibility index (Phi) is 4.96. The third-order valence-electron chi connectivity index (χ3n) is 3.51. The van der Waals surface area contributed by atoms with Crippen molar-refractivity contribution in [1.82, 2.24) is 15.2 Å². The molecular formula is C18H18N4OS. The lowest BCUT2D eigenvalue weighted by atomic mass is 10.1. The van der Waals surface area contributed by atoms with Crippen molar-refractivity contribution in [2.45, 2.75) is 19.0 Å². The van der Waals surface area contributed by atoms with E-state index < -0.39 is 0 Å². The van der Waals surface area contributed by atoms with Crippen molar-refractivity contribution in [3.8, 4) is 11.4 Å². The molecule has 3 rings (SSSR count). The number of carbonyl (C=O) groups is 1. The van der Waals surface area contributed by atoms with Crippen LogP contribution >= 0.6 is 11.8 Å². The van der Waals surface area contributed by atoms with Gasteiger partial charge in [0.2, 0.25) is 11.1 Å². The molecule has 1 aromatic heterocycles. The van der Waals surface area contributed by atoms with Crippen LogP contribution in [-0.2, 0) is 4.79 Å². The second-order valence-electron chi connectivity index (χ2n) is 5.49. The minimum absolute atomic E-state index is 0.0730. The van der Waals surface area contributed by atoms with Crippen LogP contribution in [0.5, 0.6) is 0 Å². The van der Waals surface area contributed by atoms with E-state index in [0.29, 0.717) is 11.0 Å². The van der Waals surface area contributed by atoms with E-state index in [1.54, 1.807) is 0 Å². The molecule has 0 aliphatic heterocycles. The Bertz CT molecular complexity index is 859. The lowest BCUT2D eigenvalue weighted by Gasteiger charge is -2.06. The summed E-state index contributed by atoms with van der Waals surface area (Å²) in [5, 5.41) is 10.5. The minimum atomic E-state index is -0.0730. The molecule has 0 spiro atoms. The fraction of sp³-hybridized carbons (Fsp3) is 0.167. The number of hydrogen-bond acceptors (Lipinski definition) is 4. The summed E-state index contributed by atoms with van der Waals surface area (Å²) in [6.07, 6.45) is 0. The molecule has 5 nitrogen and oxygen atoms in total. The predicted octanol–water partition coefficient (Wildman–Crippen LogP) is 3.82. The van der Waals surface area contributed by atoms with Crippen LogP contribution in [0.15, 0.2) is 53.7 Å².